The van der Waals surface area contributed by atoms with Crippen LogP contribution in [-0.4, -0.2) is 48.6 Å². The highest BCUT2D eigenvalue weighted by atomic mass is 16.5. The van der Waals surface area contributed by atoms with Crippen molar-refractivity contribution in [3.63, 3.8) is 0 Å². The first kappa shape index (κ1) is 30.0. The highest BCUT2D eigenvalue weighted by molar-refractivity contribution is 6.01. The Labute approximate surface area is 246 Å². The summed E-state index contributed by atoms with van der Waals surface area (Å²) in [4.78, 5) is 26.6. The number of ether oxygens (including phenoxy) is 2. The normalized spacial score (nSPS) is 40.3. The third-order valence-electron chi connectivity index (χ3n) is 11.5. The molecule has 0 amide bonds. The van der Waals surface area contributed by atoms with E-state index in [9.17, 15) is 14.7 Å². The van der Waals surface area contributed by atoms with Crippen molar-refractivity contribution in [1.82, 2.24) is 0 Å². The van der Waals surface area contributed by atoms with Crippen molar-refractivity contribution >= 4 is 17.3 Å². The van der Waals surface area contributed by atoms with Gasteiger partial charge in [-0.1, -0.05) is 52.7 Å². The zero-order chi connectivity index (χ0) is 29.6. The Morgan fingerprint density at radius 3 is 2.59 bits per heavy atom. The molecule has 4 fully saturated rings. The Bertz CT molecular complexity index is 1210. The summed E-state index contributed by atoms with van der Waals surface area (Å²) in [6.07, 6.45) is 10.8. The highest BCUT2D eigenvalue weighted by Gasteiger charge is 2.74. The molecule has 1 aliphatic heterocycles. The van der Waals surface area contributed by atoms with Gasteiger partial charge in [-0.3, -0.25) is 9.59 Å². The van der Waals surface area contributed by atoms with Gasteiger partial charge >= 0.3 is 0 Å². The highest BCUT2D eigenvalue weighted by Crippen LogP contribution is 2.72. The van der Waals surface area contributed by atoms with Crippen LogP contribution in [0.25, 0.3) is 0 Å². The number of rotatable bonds is 7. The van der Waals surface area contributed by atoms with Crippen molar-refractivity contribution in [2.24, 2.45) is 34.0 Å². The molecule has 6 heteroatoms. The predicted molar refractivity (Wildman–Crippen MR) is 162 cm³/mol. The second kappa shape index (κ2) is 11.3. The lowest BCUT2D eigenvalue weighted by Crippen LogP contribution is -2.60. The number of aliphatic hydroxyl groups excluding tert-OH is 1. The SMILES string of the molecule is CC.CCCC1CC2(C(=O)COc3ccc(NC)cc3)C(CC3C4CCC5=CC(=O)C=CC5(C)C4C(O)CC32C)O1. The Morgan fingerprint density at radius 2 is 1.90 bits per heavy atom. The summed E-state index contributed by atoms with van der Waals surface area (Å²) in [7, 11) is 1.87. The summed E-state index contributed by atoms with van der Waals surface area (Å²) in [6.45, 7) is 10.6. The fraction of sp³-hybridized carbons (Fsp3) is 0.657. The number of carbonyl (C=O) groups excluding carboxylic acids is 2. The first-order valence-electron chi connectivity index (χ1n) is 15.9. The van der Waals surface area contributed by atoms with Crippen LogP contribution in [-0.2, 0) is 14.3 Å². The van der Waals surface area contributed by atoms with E-state index in [0.717, 1.165) is 43.4 Å². The zero-order valence-corrected chi connectivity index (χ0v) is 25.7. The topological polar surface area (TPSA) is 84.9 Å². The number of allylic oxidation sites excluding steroid dienone is 4. The fourth-order valence-corrected chi connectivity index (χ4v) is 9.70. The van der Waals surface area contributed by atoms with E-state index in [1.54, 1.807) is 12.2 Å². The maximum atomic E-state index is 14.4. The van der Waals surface area contributed by atoms with Crippen LogP contribution in [0, 0.1) is 34.0 Å². The third kappa shape index (κ3) is 4.60. The van der Waals surface area contributed by atoms with Gasteiger partial charge in [-0.25, -0.2) is 0 Å². The molecule has 9 atom stereocenters. The quantitative estimate of drug-likeness (QED) is 0.392. The molecule has 6 nitrogen and oxygen atoms in total. The van der Waals surface area contributed by atoms with Gasteiger partial charge in [0.1, 0.15) is 12.4 Å². The molecule has 1 heterocycles. The van der Waals surface area contributed by atoms with Gasteiger partial charge in [-0.15, -0.1) is 0 Å². The number of Topliss-reactive ketones (excluding diaryl/α,β-unsaturated/α-hetero) is 1. The van der Waals surface area contributed by atoms with Crippen LogP contribution >= 0.6 is 0 Å². The Hall–Kier alpha value is -2.44. The number of hydrogen-bond acceptors (Lipinski definition) is 6. The van der Waals surface area contributed by atoms with Gasteiger partial charge in [0.25, 0.3) is 0 Å². The minimum atomic E-state index is -0.663. The predicted octanol–water partition coefficient (Wildman–Crippen LogP) is 6.54. The van der Waals surface area contributed by atoms with E-state index >= 15 is 0 Å². The van der Waals surface area contributed by atoms with E-state index in [0.29, 0.717) is 18.6 Å². The van der Waals surface area contributed by atoms with Crippen LogP contribution in [0.1, 0.15) is 79.6 Å². The van der Waals surface area contributed by atoms with Crippen LogP contribution < -0.4 is 10.1 Å². The molecule has 9 unspecified atom stereocenters. The Balaban J connectivity index is 0.00000165. The van der Waals surface area contributed by atoms with Gasteiger partial charge in [0, 0.05) is 24.1 Å². The number of hydrogen-bond donors (Lipinski definition) is 2. The number of aliphatic hydroxyl groups is 1. The molecule has 0 aromatic heterocycles. The monoisotopic (exact) mass is 563 g/mol. The van der Waals surface area contributed by atoms with Crippen LogP contribution in [0.2, 0.25) is 0 Å². The van der Waals surface area contributed by atoms with Crippen molar-refractivity contribution in [1.29, 1.82) is 0 Å². The first-order chi connectivity index (χ1) is 19.7. The molecule has 0 spiro atoms. The summed E-state index contributed by atoms with van der Waals surface area (Å²) in [5.74, 6) is 1.44. The first-order valence-corrected chi connectivity index (χ1v) is 15.9. The summed E-state index contributed by atoms with van der Waals surface area (Å²) >= 11 is 0. The smallest absolute Gasteiger partial charge is 0.179 e. The second-order valence-corrected chi connectivity index (χ2v) is 13.1. The molecule has 0 bridgehead atoms. The lowest BCUT2D eigenvalue weighted by molar-refractivity contribution is -0.158. The van der Waals surface area contributed by atoms with Gasteiger partial charge in [0.05, 0.1) is 23.7 Å². The van der Waals surface area contributed by atoms with E-state index < -0.39 is 11.5 Å². The van der Waals surface area contributed by atoms with Crippen LogP contribution in [0.4, 0.5) is 5.69 Å². The molecule has 4 aliphatic carbocycles. The Morgan fingerprint density at radius 1 is 1.17 bits per heavy atom. The van der Waals surface area contributed by atoms with Gasteiger partial charge in [0.2, 0.25) is 0 Å². The van der Waals surface area contributed by atoms with Crippen molar-refractivity contribution in [3.05, 3.63) is 48.1 Å². The number of nitrogens with one attached hydrogen (secondary N) is 1. The molecule has 41 heavy (non-hydrogen) atoms. The molecular formula is C35H49NO5. The van der Waals surface area contributed by atoms with E-state index in [1.807, 2.05) is 51.2 Å². The minimum absolute atomic E-state index is 0.0134. The number of benzene rings is 1. The molecule has 1 saturated heterocycles. The van der Waals surface area contributed by atoms with E-state index in [4.69, 9.17) is 9.47 Å². The Kier molecular flexibility index (Phi) is 8.30. The number of carbonyl (C=O) groups is 2. The van der Waals surface area contributed by atoms with Crippen molar-refractivity contribution < 1.29 is 24.2 Å². The zero-order valence-electron chi connectivity index (χ0n) is 25.7. The summed E-state index contributed by atoms with van der Waals surface area (Å²) < 4.78 is 12.8. The number of anilines is 1. The molecule has 224 valence electrons. The number of fused-ring (bicyclic) bond motifs is 7. The summed E-state index contributed by atoms with van der Waals surface area (Å²) in [5, 5.41) is 15.0. The van der Waals surface area contributed by atoms with Crippen LogP contribution in [0.3, 0.4) is 0 Å². The summed E-state index contributed by atoms with van der Waals surface area (Å²) in [6, 6.07) is 7.68. The summed E-state index contributed by atoms with van der Waals surface area (Å²) in [5.41, 5.74) is 0.792. The standard InChI is InChI=1S/C33H43NO5.C2H6/c1-5-6-24-17-33(28(37)19-38-23-10-8-21(34-4)9-11-23)29(39-24)16-26-25-12-7-20-15-22(35)13-14-31(20,2)30(25)27(36)18-32(26,33)3;1-2/h8-11,13-15,24-27,29-30,34,36H,5-7,12,16-19H2,1-4H3;1-2H3. The fourth-order valence-electron chi connectivity index (χ4n) is 9.70. The molecule has 5 aliphatic rings. The van der Waals surface area contributed by atoms with Gasteiger partial charge < -0.3 is 19.9 Å². The van der Waals surface area contributed by atoms with Crippen LogP contribution in [0.15, 0.2) is 48.1 Å². The molecule has 1 aromatic rings. The van der Waals surface area contributed by atoms with Crippen LogP contribution in [0.5, 0.6) is 5.75 Å². The largest absolute Gasteiger partial charge is 0.486 e. The van der Waals surface area contributed by atoms with Gasteiger partial charge in [-0.05, 0) is 92.2 Å². The van der Waals surface area contributed by atoms with Crippen molar-refractivity contribution in [3.8, 4) is 5.75 Å². The number of ketones is 2. The lowest BCUT2D eigenvalue weighted by atomic mass is 9.44. The van der Waals surface area contributed by atoms with Gasteiger partial charge in [0.15, 0.2) is 11.6 Å². The average molecular weight is 564 g/mol. The molecule has 6 rings (SSSR count). The van der Waals surface area contributed by atoms with Crippen molar-refractivity contribution in [2.75, 3.05) is 19.0 Å². The van der Waals surface area contributed by atoms with E-state index in [1.165, 1.54) is 0 Å². The minimum Gasteiger partial charge on any atom is -0.486 e. The molecule has 0 radical (unpaired) electrons. The average Bonchev–Trinajstić information content (AvgIpc) is 3.45. The molecule has 1 aromatic carbocycles. The van der Waals surface area contributed by atoms with Gasteiger partial charge in [-0.2, -0.15) is 0 Å². The maximum absolute atomic E-state index is 14.4. The molecule has 3 saturated carbocycles. The van der Waals surface area contributed by atoms with E-state index in [2.05, 4.69) is 26.1 Å². The van der Waals surface area contributed by atoms with Crippen molar-refractivity contribution in [2.45, 2.75) is 97.9 Å². The molecule has 2 N–H and O–H groups in total. The molecular weight excluding hydrogens is 514 g/mol. The third-order valence-corrected chi connectivity index (χ3v) is 11.5. The lowest BCUT2D eigenvalue weighted by Gasteiger charge is -2.60. The second-order valence-electron chi connectivity index (χ2n) is 13.1. The maximum Gasteiger partial charge on any atom is 0.179 e. The van der Waals surface area contributed by atoms with E-state index in [-0.39, 0.29) is 59.0 Å².